The maximum Gasteiger partial charge on any atom is 0.281 e. The van der Waals surface area contributed by atoms with E-state index in [1.165, 1.54) is 4.31 Å². The van der Waals surface area contributed by atoms with Gasteiger partial charge >= 0.3 is 0 Å². The van der Waals surface area contributed by atoms with Crippen LogP contribution in [0.3, 0.4) is 0 Å². The lowest BCUT2D eigenvalue weighted by Gasteiger charge is -2.30. The number of hydrogen-bond acceptors (Lipinski definition) is 6. The van der Waals surface area contributed by atoms with Crippen molar-refractivity contribution in [2.24, 2.45) is 0 Å². The van der Waals surface area contributed by atoms with E-state index in [2.05, 4.69) is 20.3 Å². The molecule has 0 saturated carbocycles. The van der Waals surface area contributed by atoms with Crippen molar-refractivity contribution >= 4 is 32.8 Å². The molecule has 4 aromatic rings. The molecule has 1 aliphatic heterocycles. The van der Waals surface area contributed by atoms with E-state index in [4.69, 9.17) is 11.6 Å². The fourth-order valence-electron chi connectivity index (χ4n) is 4.23. The van der Waals surface area contributed by atoms with Crippen molar-refractivity contribution in [1.29, 1.82) is 0 Å². The molecule has 0 amide bonds. The summed E-state index contributed by atoms with van der Waals surface area (Å²) in [5.74, 6) is 0.420. The SMILES string of the molecule is O=c1[nH]c(C2CCN(S(=O)(=O)Cc3ccc(Cl)cc3)CC2)nc2c1nnn2Cc1ccccc1. The lowest BCUT2D eigenvalue weighted by Crippen LogP contribution is -2.39. The molecule has 0 unspecified atom stereocenters. The van der Waals surface area contributed by atoms with Gasteiger partial charge in [-0.2, -0.15) is 0 Å². The summed E-state index contributed by atoms with van der Waals surface area (Å²) in [5, 5.41) is 8.69. The van der Waals surface area contributed by atoms with E-state index in [0.29, 0.717) is 54.5 Å². The zero-order valence-electron chi connectivity index (χ0n) is 18.3. The van der Waals surface area contributed by atoms with Crippen LogP contribution in [0.15, 0.2) is 59.4 Å². The summed E-state index contributed by atoms with van der Waals surface area (Å²) in [4.78, 5) is 20.1. The fraction of sp³-hybridized carbons (Fsp3) is 0.304. The number of halogens is 1. The summed E-state index contributed by atoms with van der Waals surface area (Å²) in [6, 6.07) is 16.6. The molecule has 1 saturated heterocycles. The highest BCUT2D eigenvalue weighted by Crippen LogP contribution is 2.28. The first-order chi connectivity index (χ1) is 16.4. The van der Waals surface area contributed by atoms with Crippen LogP contribution in [0.25, 0.3) is 11.2 Å². The molecule has 1 fully saturated rings. The van der Waals surface area contributed by atoms with Gasteiger partial charge in [-0.1, -0.05) is 59.3 Å². The highest BCUT2D eigenvalue weighted by molar-refractivity contribution is 7.88. The first-order valence-corrected chi connectivity index (χ1v) is 13.0. The Kier molecular flexibility index (Phi) is 6.20. The number of sulfonamides is 1. The van der Waals surface area contributed by atoms with Crippen molar-refractivity contribution in [3.8, 4) is 0 Å². The largest absolute Gasteiger partial charge is 0.308 e. The van der Waals surface area contributed by atoms with Crippen LogP contribution in [0.1, 0.15) is 35.7 Å². The number of nitrogens with zero attached hydrogens (tertiary/aromatic N) is 5. The van der Waals surface area contributed by atoms with Crippen molar-refractivity contribution in [1.82, 2.24) is 29.3 Å². The van der Waals surface area contributed by atoms with Crippen molar-refractivity contribution in [3.63, 3.8) is 0 Å². The molecule has 9 nitrogen and oxygen atoms in total. The molecular formula is C23H23ClN6O3S. The molecular weight excluding hydrogens is 476 g/mol. The van der Waals surface area contributed by atoms with Crippen molar-refractivity contribution in [2.75, 3.05) is 13.1 Å². The Balaban J connectivity index is 1.32. The third-order valence-electron chi connectivity index (χ3n) is 6.06. The lowest BCUT2D eigenvalue weighted by atomic mass is 9.97. The van der Waals surface area contributed by atoms with E-state index < -0.39 is 10.0 Å². The number of aromatic nitrogens is 5. The Labute approximate surface area is 201 Å². The highest BCUT2D eigenvalue weighted by Gasteiger charge is 2.30. The number of rotatable bonds is 6. The quantitative estimate of drug-likeness (QED) is 0.437. The van der Waals surface area contributed by atoms with E-state index >= 15 is 0 Å². The Morgan fingerprint density at radius 2 is 1.71 bits per heavy atom. The maximum absolute atomic E-state index is 12.9. The monoisotopic (exact) mass is 498 g/mol. The molecule has 2 aromatic heterocycles. The van der Waals surface area contributed by atoms with Crippen molar-refractivity contribution in [2.45, 2.75) is 31.1 Å². The van der Waals surface area contributed by atoms with E-state index in [0.717, 1.165) is 5.56 Å². The van der Waals surface area contributed by atoms with Gasteiger partial charge in [0, 0.05) is 24.0 Å². The molecule has 0 atom stereocenters. The second-order valence-electron chi connectivity index (χ2n) is 8.41. The molecule has 2 aromatic carbocycles. The fourth-order valence-corrected chi connectivity index (χ4v) is 5.92. The number of fused-ring (bicyclic) bond motifs is 1. The predicted octanol–water partition coefficient (Wildman–Crippen LogP) is 2.93. The third kappa shape index (κ3) is 4.75. The Morgan fingerprint density at radius 1 is 1.00 bits per heavy atom. The Morgan fingerprint density at radius 3 is 2.41 bits per heavy atom. The van der Waals surface area contributed by atoms with Crippen LogP contribution in [-0.4, -0.2) is 50.8 Å². The normalized spacial score (nSPS) is 15.7. The lowest BCUT2D eigenvalue weighted by molar-refractivity contribution is 0.313. The van der Waals surface area contributed by atoms with Gasteiger partial charge in [-0.15, -0.1) is 5.10 Å². The summed E-state index contributed by atoms with van der Waals surface area (Å²) in [6.45, 7) is 1.18. The smallest absolute Gasteiger partial charge is 0.281 e. The molecule has 34 heavy (non-hydrogen) atoms. The van der Waals surface area contributed by atoms with Crippen LogP contribution < -0.4 is 5.56 Å². The third-order valence-corrected chi connectivity index (χ3v) is 8.17. The molecule has 0 radical (unpaired) electrons. The highest BCUT2D eigenvalue weighted by atomic mass is 35.5. The van der Waals surface area contributed by atoms with Crippen LogP contribution in [0.4, 0.5) is 0 Å². The van der Waals surface area contributed by atoms with Gasteiger partial charge in [-0.25, -0.2) is 22.4 Å². The van der Waals surface area contributed by atoms with E-state index in [1.807, 2.05) is 30.3 Å². The zero-order chi connectivity index (χ0) is 23.7. The number of H-pyrrole nitrogens is 1. The van der Waals surface area contributed by atoms with Gasteiger partial charge in [0.05, 0.1) is 12.3 Å². The van der Waals surface area contributed by atoms with Crippen LogP contribution >= 0.6 is 11.6 Å². The summed E-state index contributed by atoms with van der Waals surface area (Å²) < 4.78 is 28.9. The van der Waals surface area contributed by atoms with Gasteiger partial charge in [-0.05, 0) is 36.1 Å². The van der Waals surface area contributed by atoms with Crippen molar-refractivity contribution < 1.29 is 8.42 Å². The number of nitrogens with one attached hydrogen (secondary N) is 1. The summed E-state index contributed by atoms with van der Waals surface area (Å²) in [6.07, 6.45) is 1.13. The van der Waals surface area contributed by atoms with Gasteiger partial charge in [0.2, 0.25) is 10.0 Å². The second kappa shape index (κ2) is 9.28. The summed E-state index contributed by atoms with van der Waals surface area (Å²) in [7, 11) is -3.46. The number of benzene rings is 2. The number of hydrogen-bond donors (Lipinski definition) is 1. The minimum Gasteiger partial charge on any atom is -0.308 e. The molecule has 1 N–H and O–H groups in total. The Bertz CT molecular complexity index is 1460. The molecule has 0 bridgehead atoms. The van der Waals surface area contributed by atoms with E-state index in [-0.39, 0.29) is 22.7 Å². The second-order valence-corrected chi connectivity index (χ2v) is 10.8. The Hall–Kier alpha value is -3.08. The van der Waals surface area contributed by atoms with Crippen molar-refractivity contribution in [3.05, 3.63) is 86.9 Å². The van der Waals surface area contributed by atoms with Crippen LogP contribution in [0, 0.1) is 0 Å². The average molecular weight is 499 g/mol. The molecule has 0 spiro atoms. The van der Waals surface area contributed by atoms with Crippen LogP contribution in [-0.2, 0) is 22.3 Å². The minimum atomic E-state index is -3.46. The molecule has 11 heteroatoms. The standard InChI is InChI=1S/C23H23ClN6O3S/c24-19-8-6-17(7-9-19)15-34(32,33)29-12-10-18(11-13-29)21-25-22-20(23(31)26-21)27-28-30(22)14-16-4-2-1-3-5-16/h1-9,18H,10-15H2,(H,25,26,31). The predicted molar refractivity (Wildman–Crippen MR) is 129 cm³/mol. The average Bonchev–Trinajstić information content (AvgIpc) is 3.24. The number of aromatic amines is 1. The van der Waals surface area contributed by atoms with Gasteiger partial charge in [0.15, 0.2) is 11.2 Å². The van der Waals surface area contributed by atoms with Crippen LogP contribution in [0.2, 0.25) is 5.02 Å². The minimum absolute atomic E-state index is 0.0563. The summed E-state index contributed by atoms with van der Waals surface area (Å²) >= 11 is 5.90. The molecule has 0 aliphatic carbocycles. The topological polar surface area (TPSA) is 114 Å². The van der Waals surface area contributed by atoms with Gasteiger partial charge in [0.1, 0.15) is 5.82 Å². The first-order valence-electron chi connectivity index (χ1n) is 11.0. The van der Waals surface area contributed by atoms with Crippen LogP contribution in [0.5, 0.6) is 0 Å². The summed E-state index contributed by atoms with van der Waals surface area (Å²) in [5.41, 5.74) is 2.01. The number of piperidine rings is 1. The van der Waals surface area contributed by atoms with Gasteiger partial charge < -0.3 is 4.98 Å². The zero-order valence-corrected chi connectivity index (χ0v) is 19.8. The van der Waals surface area contributed by atoms with E-state index in [9.17, 15) is 13.2 Å². The molecule has 3 heterocycles. The molecule has 176 valence electrons. The first kappa shape index (κ1) is 22.7. The molecule has 1 aliphatic rings. The van der Waals surface area contributed by atoms with E-state index in [1.54, 1.807) is 28.9 Å². The van der Waals surface area contributed by atoms with Gasteiger partial charge in [0.25, 0.3) is 5.56 Å². The molecule has 5 rings (SSSR count). The van der Waals surface area contributed by atoms with Gasteiger partial charge in [-0.3, -0.25) is 4.79 Å². The maximum atomic E-state index is 12.9.